The lowest BCUT2D eigenvalue weighted by molar-refractivity contribution is 0.0362. The quantitative estimate of drug-likeness (QED) is 0.439. The van der Waals surface area contributed by atoms with Crippen molar-refractivity contribution < 1.29 is 14.3 Å². The maximum Gasteiger partial charge on any atom is 0.509 e. The lowest BCUT2D eigenvalue weighted by Gasteiger charge is -2.05. The fraction of sp³-hybridized carbons (Fsp3) is 0.800. The van der Waals surface area contributed by atoms with E-state index in [4.69, 9.17) is 5.73 Å². The van der Waals surface area contributed by atoms with Crippen molar-refractivity contribution in [1.29, 1.82) is 0 Å². The smallest absolute Gasteiger partial charge is 0.432 e. The van der Waals surface area contributed by atoms with Gasteiger partial charge in [-0.3, -0.25) is 5.73 Å². The van der Waals surface area contributed by atoms with Crippen LogP contribution in [-0.4, -0.2) is 19.0 Å². The molecule has 0 heterocycles. The summed E-state index contributed by atoms with van der Waals surface area (Å²) in [5.74, 6) is 0. The molecule has 0 aromatic rings. The van der Waals surface area contributed by atoms with Crippen LogP contribution in [0.3, 0.4) is 0 Å². The van der Waals surface area contributed by atoms with E-state index in [9.17, 15) is 4.79 Å². The SMILES string of the molecule is CC(C)OC(=O)OCN. The highest BCUT2D eigenvalue weighted by molar-refractivity contribution is 5.59. The van der Waals surface area contributed by atoms with E-state index in [1.165, 1.54) is 0 Å². The zero-order chi connectivity index (χ0) is 7.28. The van der Waals surface area contributed by atoms with Gasteiger partial charge in [-0.25, -0.2) is 4.79 Å². The number of carbonyl (C=O) groups is 1. The monoisotopic (exact) mass is 133 g/mol. The van der Waals surface area contributed by atoms with Gasteiger partial charge in [-0.15, -0.1) is 0 Å². The second kappa shape index (κ2) is 4.14. The molecule has 0 aliphatic heterocycles. The van der Waals surface area contributed by atoms with Crippen LogP contribution in [0.1, 0.15) is 13.8 Å². The summed E-state index contributed by atoms with van der Waals surface area (Å²) in [6, 6.07) is 0. The maximum atomic E-state index is 10.3. The van der Waals surface area contributed by atoms with Crippen LogP contribution in [0.5, 0.6) is 0 Å². The normalized spacial score (nSPS) is 9.33. The molecule has 0 aliphatic carbocycles. The fourth-order valence-electron chi connectivity index (χ4n) is 0.295. The van der Waals surface area contributed by atoms with Gasteiger partial charge < -0.3 is 9.47 Å². The zero-order valence-electron chi connectivity index (χ0n) is 5.59. The molecule has 9 heavy (non-hydrogen) atoms. The molecular formula is C5H11NO3. The molecule has 0 rings (SSSR count). The molecule has 0 aromatic heterocycles. The van der Waals surface area contributed by atoms with Crippen LogP contribution in [0, 0.1) is 0 Å². The highest BCUT2D eigenvalue weighted by Gasteiger charge is 2.03. The topological polar surface area (TPSA) is 61.5 Å². The van der Waals surface area contributed by atoms with Crippen LogP contribution in [-0.2, 0) is 9.47 Å². The van der Waals surface area contributed by atoms with Gasteiger partial charge >= 0.3 is 6.16 Å². The van der Waals surface area contributed by atoms with Crippen LogP contribution in [0.25, 0.3) is 0 Å². The second-order valence-electron chi connectivity index (χ2n) is 1.73. The minimum atomic E-state index is -0.715. The van der Waals surface area contributed by atoms with Gasteiger partial charge in [0.1, 0.15) is 6.73 Å². The van der Waals surface area contributed by atoms with E-state index in [0.717, 1.165) is 0 Å². The molecule has 4 heteroatoms. The summed E-state index contributed by atoms with van der Waals surface area (Å²) in [6.45, 7) is 3.33. The molecule has 0 spiro atoms. The first kappa shape index (κ1) is 8.23. The molecule has 0 unspecified atom stereocenters. The van der Waals surface area contributed by atoms with E-state index in [0.29, 0.717) is 0 Å². The molecule has 0 saturated heterocycles. The Balaban J connectivity index is 3.27. The largest absolute Gasteiger partial charge is 0.509 e. The van der Waals surface area contributed by atoms with Gasteiger partial charge in [0.15, 0.2) is 0 Å². The minimum Gasteiger partial charge on any atom is -0.432 e. The molecule has 0 aromatic carbocycles. The fourth-order valence-corrected chi connectivity index (χ4v) is 0.295. The number of carbonyl (C=O) groups excluding carboxylic acids is 1. The minimum absolute atomic E-state index is 0.133. The van der Waals surface area contributed by atoms with Gasteiger partial charge in [-0.2, -0.15) is 0 Å². The van der Waals surface area contributed by atoms with Gasteiger partial charge in [0.2, 0.25) is 0 Å². The zero-order valence-corrected chi connectivity index (χ0v) is 5.59. The summed E-state index contributed by atoms with van der Waals surface area (Å²) in [6.07, 6.45) is -0.864. The number of hydrogen-bond acceptors (Lipinski definition) is 4. The predicted octanol–water partition coefficient (Wildman–Crippen LogP) is 0.464. The highest BCUT2D eigenvalue weighted by Crippen LogP contribution is 1.90. The first-order valence-electron chi connectivity index (χ1n) is 2.70. The van der Waals surface area contributed by atoms with Crippen LogP contribution in [0.2, 0.25) is 0 Å². The van der Waals surface area contributed by atoms with Crippen molar-refractivity contribution in [3.63, 3.8) is 0 Å². The Hall–Kier alpha value is -0.770. The van der Waals surface area contributed by atoms with Crippen molar-refractivity contribution in [3.05, 3.63) is 0 Å². The summed E-state index contributed by atoms with van der Waals surface area (Å²) in [7, 11) is 0. The molecule has 4 nitrogen and oxygen atoms in total. The van der Waals surface area contributed by atoms with E-state index >= 15 is 0 Å². The third-order valence-corrected chi connectivity index (χ3v) is 0.533. The van der Waals surface area contributed by atoms with E-state index < -0.39 is 6.16 Å². The van der Waals surface area contributed by atoms with Crippen molar-refractivity contribution in [1.82, 2.24) is 0 Å². The molecule has 0 bridgehead atoms. The molecule has 54 valence electrons. The Morgan fingerprint density at radius 1 is 1.67 bits per heavy atom. The molecule has 0 amide bonds. The Bertz CT molecular complexity index is 92.2. The van der Waals surface area contributed by atoms with Crippen molar-refractivity contribution >= 4 is 6.16 Å². The van der Waals surface area contributed by atoms with Crippen molar-refractivity contribution in [2.45, 2.75) is 20.0 Å². The van der Waals surface area contributed by atoms with Gasteiger partial charge in [0.25, 0.3) is 0 Å². The lowest BCUT2D eigenvalue weighted by Crippen LogP contribution is -2.16. The van der Waals surface area contributed by atoms with E-state index in [-0.39, 0.29) is 12.8 Å². The second-order valence-corrected chi connectivity index (χ2v) is 1.73. The number of nitrogens with two attached hydrogens (primary N) is 1. The molecule has 0 radical (unpaired) electrons. The number of rotatable bonds is 2. The Kier molecular flexibility index (Phi) is 3.79. The van der Waals surface area contributed by atoms with Gasteiger partial charge in [-0.05, 0) is 13.8 Å². The van der Waals surface area contributed by atoms with Crippen LogP contribution >= 0.6 is 0 Å². The summed E-state index contributed by atoms with van der Waals surface area (Å²) < 4.78 is 8.82. The first-order valence-corrected chi connectivity index (χ1v) is 2.70. The summed E-state index contributed by atoms with van der Waals surface area (Å²) >= 11 is 0. The van der Waals surface area contributed by atoms with Gasteiger partial charge in [0, 0.05) is 0 Å². The van der Waals surface area contributed by atoms with Crippen LogP contribution < -0.4 is 5.73 Å². The molecular weight excluding hydrogens is 122 g/mol. The Morgan fingerprint density at radius 2 is 2.22 bits per heavy atom. The van der Waals surface area contributed by atoms with Crippen molar-refractivity contribution in [2.24, 2.45) is 5.73 Å². The van der Waals surface area contributed by atoms with Crippen LogP contribution in [0.15, 0.2) is 0 Å². The van der Waals surface area contributed by atoms with Crippen molar-refractivity contribution in [3.8, 4) is 0 Å². The summed E-state index contributed by atoms with van der Waals surface area (Å²) in [4.78, 5) is 10.3. The van der Waals surface area contributed by atoms with Gasteiger partial charge in [-0.1, -0.05) is 0 Å². The number of ether oxygens (including phenoxy) is 2. The first-order chi connectivity index (χ1) is 4.16. The highest BCUT2D eigenvalue weighted by atomic mass is 16.7. The molecule has 0 fully saturated rings. The molecule has 0 saturated carbocycles. The number of hydrogen-bond donors (Lipinski definition) is 1. The molecule has 2 N–H and O–H groups in total. The third kappa shape index (κ3) is 5.10. The standard InChI is InChI=1S/C5H11NO3/c1-4(2)9-5(7)8-3-6/h4H,3,6H2,1-2H3. The summed E-state index contributed by atoms with van der Waals surface area (Å²) in [5, 5.41) is 0. The maximum absolute atomic E-state index is 10.3. The predicted molar refractivity (Wildman–Crippen MR) is 31.8 cm³/mol. The third-order valence-electron chi connectivity index (χ3n) is 0.533. The molecule has 0 aliphatic rings. The van der Waals surface area contributed by atoms with Crippen LogP contribution in [0.4, 0.5) is 4.79 Å². The molecule has 0 atom stereocenters. The van der Waals surface area contributed by atoms with E-state index in [1.54, 1.807) is 13.8 Å². The average molecular weight is 133 g/mol. The Morgan fingerprint density at radius 3 is 2.56 bits per heavy atom. The van der Waals surface area contributed by atoms with E-state index in [2.05, 4.69) is 9.47 Å². The lowest BCUT2D eigenvalue weighted by atomic mass is 10.5. The van der Waals surface area contributed by atoms with E-state index in [1.807, 2.05) is 0 Å². The summed E-state index contributed by atoms with van der Waals surface area (Å²) in [5.41, 5.74) is 4.88. The average Bonchev–Trinajstić information content (AvgIpc) is 1.63. The van der Waals surface area contributed by atoms with Crippen molar-refractivity contribution in [2.75, 3.05) is 6.73 Å². The van der Waals surface area contributed by atoms with Gasteiger partial charge in [0.05, 0.1) is 6.10 Å². The Labute approximate surface area is 53.9 Å².